The molecule has 1 saturated carbocycles. The minimum Gasteiger partial charge on any atom is -0.454 e. The molecule has 7 nitrogen and oxygen atoms in total. The Morgan fingerprint density at radius 2 is 1.71 bits per heavy atom. The van der Waals surface area contributed by atoms with Crippen LogP contribution in [0.1, 0.15) is 44.7 Å². The quantitative estimate of drug-likeness (QED) is 0.539. The first-order valence-corrected chi connectivity index (χ1v) is 12.9. The van der Waals surface area contributed by atoms with Crippen LogP contribution in [0, 0.1) is 0 Å². The molecule has 0 saturated heterocycles. The smallest absolute Gasteiger partial charge is 0.254 e. The Morgan fingerprint density at radius 3 is 2.40 bits per heavy atom. The number of carbonyl (C=O) groups is 1. The highest BCUT2D eigenvalue weighted by Gasteiger charge is 2.51. The summed E-state index contributed by atoms with van der Waals surface area (Å²) in [7, 11) is -4.10. The fraction of sp³-hybridized carbons (Fsp3) is 0.296. The number of hydrogen-bond acceptors (Lipinski definition) is 5. The van der Waals surface area contributed by atoms with E-state index in [-0.39, 0.29) is 23.0 Å². The summed E-state index contributed by atoms with van der Waals surface area (Å²) in [5.41, 5.74) is 3.20. The first-order valence-electron chi connectivity index (χ1n) is 11.4. The Labute approximate surface area is 205 Å². The lowest BCUT2D eigenvalue weighted by molar-refractivity contribution is -0.118. The van der Waals surface area contributed by atoms with Crippen molar-refractivity contribution in [3.05, 3.63) is 71.8 Å². The fourth-order valence-corrected chi connectivity index (χ4v) is 5.10. The third kappa shape index (κ3) is 4.39. The molecule has 1 fully saturated rings. The van der Waals surface area contributed by atoms with Gasteiger partial charge in [-0.05, 0) is 76.9 Å². The molecule has 0 spiro atoms. The molecular weight excluding hydrogens is 464 g/mol. The van der Waals surface area contributed by atoms with E-state index in [9.17, 15) is 13.2 Å². The zero-order valence-corrected chi connectivity index (χ0v) is 20.7. The van der Waals surface area contributed by atoms with E-state index < -0.39 is 15.4 Å². The minimum absolute atomic E-state index is 0.0657. The van der Waals surface area contributed by atoms with Crippen LogP contribution in [0.15, 0.2) is 65.6 Å². The summed E-state index contributed by atoms with van der Waals surface area (Å²) in [4.78, 5) is 13.4. The summed E-state index contributed by atoms with van der Waals surface area (Å²) >= 11 is 0. The van der Waals surface area contributed by atoms with E-state index in [1.165, 1.54) is 12.1 Å². The number of nitrogens with one attached hydrogen (secondary N) is 2. The van der Waals surface area contributed by atoms with Gasteiger partial charge in [0.25, 0.3) is 10.0 Å². The Kier molecular flexibility index (Phi) is 5.41. The van der Waals surface area contributed by atoms with Crippen LogP contribution in [0.25, 0.3) is 11.1 Å². The monoisotopic (exact) mass is 491 g/mol. The summed E-state index contributed by atoms with van der Waals surface area (Å²) in [6, 6.07) is 17.7. The molecular formula is C27H27N2O5S. The van der Waals surface area contributed by atoms with Crippen LogP contribution in [0.3, 0.4) is 0 Å². The number of rotatable bonds is 5. The molecule has 0 unspecified atom stereocenters. The largest absolute Gasteiger partial charge is 0.454 e. The van der Waals surface area contributed by atoms with Crippen LogP contribution in [0.5, 0.6) is 11.5 Å². The van der Waals surface area contributed by atoms with Crippen LogP contribution in [0.2, 0.25) is 0 Å². The molecule has 1 radical (unpaired) electrons. The molecule has 3 aromatic carbocycles. The molecule has 5 rings (SSSR count). The van der Waals surface area contributed by atoms with Crippen molar-refractivity contribution < 1.29 is 22.7 Å². The predicted octanol–water partition coefficient (Wildman–Crippen LogP) is 5.02. The van der Waals surface area contributed by atoms with E-state index in [0.29, 0.717) is 22.7 Å². The number of amides is 1. The zero-order chi connectivity index (χ0) is 25.0. The first kappa shape index (κ1) is 23.4. The van der Waals surface area contributed by atoms with Gasteiger partial charge in [-0.25, -0.2) is 8.42 Å². The van der Waals surface area contributed by atoms with E-state index in [1.807, 2.05) is 42.5 Å². The van der Waals surface area contributed by atoms with Gasteiger partial charge in [-0.3, -0.25) is 4.79 Å². The third-order valence-corrected chi connectivity index (χ3v) is 7.53. The SMILES string of the molecule is CC(C)(C)c1ccc(NC(=O)C2(c3ccc4c(c3)OCO4)CC2)cc1-c1cccc(S([NH])(=O)=O)c1. The van der Waals surface area contributed by atoms with Crippen molar-refractivity contribution in [2.24, 2.45) is 0 Å². The van der Waals surface area contributed by atoms with Gasteiger partial charge in [0, 0.05) is 5.69 Å². The standard InChI is InChI=1S/C27H27N2O5S/c1-26(2,3)22-9-8-19(15-21(22)17-5-4-6-20(13-17)35(28,31)32)29-25(30)27(11-12-27)18-7-10-23-24(14-18)34-16-33-23/h4-10,13-15,28H,11-12,16H2,1-3H3,(H,29,30). The highest BCUT2D eigenvalue weighted by molar-refractivity contribution is 7.88. The van der Waals surface area contributed by atoms with Crippen LogP contribution in [-0.4, -0.2) is 21.1 Å². The lowest BCUT2D eigenvalue weighted by Crippen LogP contribution is -2.28. The van der Waals surface area contributed by atoms with E-state index in [2.05, 4.69) is 26.1 Å². The van der Waals surface area contributed by atoms with Gasteiger partial charge in [-0.2, -0.15) is 0 Å². The number of carbonyl (C=O) groups excluding carboxylic acids is 1. The molecule has 0 atom stereocenters. The second-order valence-corrected chi connectivity index (χ2v) is 11.6. The van der Waals surface area contributed by atoms with Crippen molar-refractivity contribution in [2.45, 2.75) is 49.3 Å². The van der Waals surface area contributed by atoms with E-state index in [4.69, 9.17) is 14.6 Å². The molecule has 3 aromatic rings. The molecule has 1 aliphatic carbocycles. The normalized spacial score (nSPS) is 16.1. The van der Waals surface area contributed by atoms with Crippen molar-refractivity contribution in [3.63, 3.8) is 0 Å². The molecule has 2 N–H and O–H groups in total. The summed E-state index contributed by atoms with van der Waals surface area (Å²) in [6.45, 7) is 6.42. The van der Waals surface area contributed by atoms with Crippen LogP contribution >= 0.6 is 0 Å². The lowest BCUT2D eigenvalue weighted by atomic mass is 9.81. The van der Waals surface area contributed by atoms with Gasteiger partial charge < -0.3 is 14.8 Å². The van der Waals surface area contributed by atoms with Crippen LogP contribution in [-0.2, 0) is 25.6 Å². The lowest BCUT2D eigenvalue weighted by Gasteiger charge is -2.24. The minimum atomic E-state index is -4.10. The van der Waals surface area contributed by atoms with Crippen LogP contribution in [0.4, 0.5) is 5.69 Å². The highest BCUT2D eigenvalue weighted by Crippen LogP contribution is 2.51. The topological polar surface area (TPSA) is 106 Å². The zero-order valence-electron chi connectivity index (χ0n) is 19.8. The predicted molar refractivity (Wildman–Crippen MR) is 133 cm³/mol. The molecule has 1 aliphatic heterocycles. The average molecular weight is 492 g/mol. The van der Waals surface area contributed by atoms with Crippen molar-refractivity contribution in [1.29, 1.82) is 0 Å². The van der Waals surface area contributed by atoms with E-state index in [0.717, 1.165) is 29.5 Å². The number of anilines is 1. The number of ether oxygens (including phenoxy) is 2. The van der Waals surface area contributed by atoms with E-state index in [1.54, 1.807) is 6.07 Å². The van der Waals surface area contributed by atoms with Crippen molar-refractivity contribution in [1.82, 2.24) is 5.14 Å². The molecule has 0 bridgehead atoms. The molecule has 2 aliphatic rings. The molecule has 35 heavy (non-hydrogen) atoms. The van der Waals surface area contributed by atoms with Gasteiger partial charge in [0.2, 0.25) is 12.7 Å². The Balaban J connectivity index is 1.49. The maximum absolute atomic E-state index is 13.4. The number of benzene rings is 3. The summed E-state index contributed by atoms with van der Waals surface area (Å²) in [5, 5.41) is 10.5. The number of sulfonamides is 1. The Morgan fingerprint density at radius 1 is 0.971 bits per heavy atom. The van der Waals surface area contributed by atoms with Gasteiger partial charge in [0.1, 0.15) is 0 Å². The van der Waals surface area contributed by atoms with Gasteiger partial charge >= 0.3 is 0 Å². The first-order chi connectivity index (χ1) is 16.5. The van der Waals surface area contributed by atoms with Gasteiger partial charge in [0.05, 0.1) is 10.3 Å². The molecule has 8 heteroatoms. The van der Waals surface area contributed by atoms with Gasteiger partial charge in [0.15, 0.2) is 11.5 Å². The van der Waals surface area contributed by atoms with Gasteiger partial charge in [-0.15, -0.1) is 5.14 Å². The number of hydrogen-bond donors (Lipinski definition) is 1. The highest BCUT2D eigenvalue weighted by atomic mass is 32.2. The Hall–Kier alpha value is -3.36. The number of fused-ring (bicyclic) bond motifs is 1. The summed E-state index contributed by atoms with van der Waals surface area (Å²) in [5.74, 6) is 1.25. The second kappa shape index (κ2) is 8.10. The third-order valence-electron chi connectivity index (χ3n) is 6.65. The second-order valence-electron chi connectivity index (χ2n) is 10.1. The Bertz CT molecular complexity index is 1440. The van der Waals surface area contributed by atoms with Crippen molar-refractivity contribution >= 4 is 21.6 Å². The molecule has 1 amide bonds. The average Bonchev–Trinajstić information content (AvgIpc) is 3.49. The maximum Gasteiger partial charge on any atom is 0.254 e. The fourth-order valence-electron chi connectivity index (χ4n) is 4.56. The molecule has 0 aromatic heterocycles. The van der Waals surface area contributed by atoms with Crippen molar-refractivity contribution in [2.75, 3.05) is 12.1 Å². The maximum atomic E-state index is 13.4. The van der Waals surface area contributed by atoms with Crippen LogP contribution < -0.4 is 19.9 Å². The summed E-state index contributed by atoms with van der Waals surface area (Å²) in [6.07, 6.45) is 1.49. The summed E-state index contributed by atoms with van der Waals surface area (Å²) < 4.78 is 34.5. The van der Waals surface area contributed by atoms with E-state index >= 15 is 0 Å². The molecule has 1 heterocycles. The molecule has 181 valence electrons. The van der Waals surface area contributed by atoms with Gasteiger partial charge in [-0.1, -0.05) is 45.0 Å². The van der Waals surface area contributed by atoms with Crippen molar-refractivity contribution in [3.8, 4) is 22.6 Å².